The predicted molar refractivity (Wildman–Crippen MR) is 87.4 cm³/mol. The average molecular weight is 330 g/mol. The molecule has 0 unspecified atom stereocenters. The molecule has 2 saturated carbocycles. The fraction of sp³-hybridized carbons (Fsp3) is 0.500. The van der Waals surface area contributed by atoms with Gasteiger partial charge in [0.05, 0.1) is 17.1 Å². The van der Waals surface area contributed by atoms with Crippen LogP contribution in [0.15, 0.2) is 21.9 Å². The number of nitrogens with zero attached hydrogens (tertiary/aromatic N) is 3. The topological polar surface area (TPSA) is 106 Å². The molecule has 8 nitrogen and oxygen atoms in total. The number of hydrogen-bond acceptors (Lipinski definition) is 4. The van der Waals surface area contributed by atoms with Gasteiger partial charge in [-0.3, -0.25) is 19.2 Å². The molecule has 0 radical (unpaired) electrons. The van der Waals surface area contributed by atoms with Crippen molar-refractivity contribution >= 4 is 22.8 Å². The molecule has 4 rings (SSSR count). The molecule has 24 heavy (non-hydrogen) atoms. The number of fused-ring (bicyclic) bond motifs is 1. The van der Waals surface area contributed by atoms with E-state index in [-0.39, 0.29) is 17.1 Å². The van der Waals surface area contributed by atoms with Crippen molar-refractivity contribution in [2.75, 3.05) is 5.32 Å². The van der Waals surface area contributed by atoms with Gasteiger partial charge in [0.1, 0.15) is 5.82 Å². The molecule has 2 fully saturated rings. The van der Waals surface area contributed by atoms with Crippen molar-refractivity contribution in [2.24, 2.45) is 11.8 Å². The summed E-state index contributed by atoms with van der Waals surface area (Å²) in [6.07, 6.45) is 4.41. The summed E-state index contributed by atoms with van der Waals surface area (Å²) >= 11 is 0. The third-order valence-electron chi connectivity index (χ3n) is 4.62. The van der Waals surface area contributed by atoms with Crippen LogP contribution in [-0.4, -0.2) is 25.3 Å². The lowest BCUT2D eigenvalue weighted by Crippen LogP contribution is -2.41. The van der Waals surface area contributed by atoms with Gasteiger partial charge in [-0.05, 0) is 43.6 Å². The van der Waals surface area contributed by atoms with Gasteiger partial charge >= 0.3 is 11.8 Å². The number of anilines is 1. The van der Waals surface area contributed by atoms with Crippen LogP contribution in [0, 0.1) is 11.8 Å². The molecule has 0 bridgehead atoms. The highest BCUT2D eigenvalue weighted by Gasteiger charge is 2.27. The van der Waals surface area contributed by atoms with E-state index < -0.39 is 6.09 Å². The molecule has 2 heterocycles. The zero-order chi connectivity index (χ0) is 16.8. The van der Waals surface area contributed by atoms with E-state index in [9.17, 15) is 14.4 Å². The molecule has 126 valence electrons. The monoisotopic (exact) mass is 330 g/mol. The molecule has 0 saturated heterocycles. The maximum Gasteiger partial charge on any atom is 0.410 e. The number of amides is 1. The molecule has 2 aromatic rings. The average Bonchev–Trinajstić information content (AvgIpc) is 3.43. The quantitative estimate of drug-likeness (QED) is 0.863. The smallest absolute Gasteiger partial charge is 0.410 e. The van der Waals surface area contributed by atoms with Gasteiger partial charge in [0.15, 0.2) is 0 Å². The second-order valence-corrected chi connectivity index (χ2v) is 6.71. The first-order valence-electron chi connectivity index (χ1n) is 8.16. The summed E-state index contributed by atoms with van der Waals surface area (Å²) in [5.41, 5.74) is -0.184. The first-order chi connectivity index (χ1) is 11.5. The molecule has 0 spiro atoms. The Balaban J connectivity index is 1.90. The second kappa shape index (κ2) is 5.47. The van der Waals surface area contributed by atoms with E-state index in [1.807, 2.05) is 0 Å². The van der Waals surface area contributed by atoms with Crippen molar-refractivity contribution in [3.05, 3.63) is 33.1 Å². The van der Waals surface area contributed by atoms with Crippen LogP contribution in [0.4, 0.5) is 10.6 Å². The van der Waals surface area contributed by atoms with E-state index in [1.165, 1.54) is 16.8 Å². The summed E-state index contributed by atoms with van der Waals surface area (Å²) < 4.78 is 2.92. The van der Waals surface area contributed by atoms with Crippen LogP contribution < -0.4 is 16.6 Å². The fourth-order valence-corrected chi connectivity index (χ4v) is 2.95. The Labute approximate surface area is 136 Å². The van der Waals surface area contributed by atoms with Crippen LogP contribution in [0.5, 0.6) is 0 Å². The van der Waals surface area contributed by atoms with Crippen molar-refractivity contribution in [3.63, 3.8) is 0 Å². The Morgan fingerprint density at radius 1 is 1.17 bits per heavy atom. The van der Waals surface area contributed by atoms with E-state index in [0.29, 0.717) is 35.8 Å². The van der Waals surface area contributed by atoms with E-state index in [4.69, 9.17) is 5.11 Å². The lowest BCUT2D eigenvalue weighted by Gasteiger charge is -2.14. The molecule has 2 aliphatic carbocycles. The predicted octanol–water partition coefficient (Wildman–Crippen LogP) is 1.47. The molecule has 1 amide bonds. The largest absolute Gasteiger partial charge is 0.465 e. The van der Waals surface area contributed by atoms with Crippen LogP contribution >= 0.6 is 0 Å². The molecule has 0 aliphatic heterocycles. The molecule has 2 aliphatic rings. The van der Waals surface area contributed by atoms with Gasteiger partial charge in [0.25, 0.3) is 5.56 Å². The van der Waals surface area contributed by atoms with Gasteiger partial charge in [0.2, 0.25) is 0 Å². The zero-order valence-electron chi connectivity index (χ0n) is 13.1. The standard InChI is InChI=1S/C16H18N4O4/c21-14-11-5-13(18-15(22)23)17-6-12(11)19(7-9-1-2-9)16(24)20(14)8-10-3-4-10/h5-6,9-10H,1-4,7-8H2,(H,17,18)(H,22,23). The number of rotatable bonds is 5. The van der Waals surface area contributed by atoms with Crippen LogP contribution in [-0.2, 0) is 13.1 Å². The lowest BCUT2D eigenvalue weighted by atomic mass is 10.2. The Morgan fingerprint density at radius 2 is 1.79 bits per heavy atom. The van der Waals surface area contributed by atoms with Crippen LogP contribution in [0.3, 0.4) is 0 Å². The van der Waals surface area contributed by atoms with E-state index in [0.717, 1.165) is 25.7 Å². The summed E-state index contributed by atoms with van der Waals surface area (Å²) in [6.45, 7) is 1.01. The highest BCUT2D eigenvalue weighted by Crippen LogP contribution is 2.31. The SMILES string of the molecule is O=C(O)Nc1cc2c(=O)n(CC3CC3)c(=O)n(CC3CC3)c2cn1. The van der Waals surface area contributed by atoms with Crippen molar-refractivity contribution in [3.8, 4) is 0 Å². The summed E-state index contributed by atoms with van der Waals surface area (Å²) in [7, 11) is 0. The third-order valence-corrected chi connectivity index (χ3v) is 4.62. The summed E-state index contributed by atoms with van der Waals surface area (Å²) in [6, 6.07) is 1.41. The van der Waals surface area contributed by atoms with Gasteiger partial charge in [-0.15, -0.1) is 0 Å². The minimum absolute atomic E-state index is 0.0849. The van der Waals surface area contributed by atoms with Gasteiger partial charge in [-0.25, -0.2) is 14.6 Å². The second-order valence-electron chi connectivity index (χ2n) is 6.71. The zero-order valence-corrected chi connectivity index (χ0v) is 13.1. The normalized spacial score (nSPS) is 17.2. The minimum atomic E-state index is -1.24. The van der Waals surface area contributed by atoms with Gasteiger partial charge < -0.3 is 5.11 Å². The minimum Gasteiger partial charge on any atom is -0.465 e. The maximum atomic E-state index is 12.8. The summed E-state index contributed by atoms with van der Waals surface area (Å²) in [5, 5.41) is 11.3. The van der Waals surface area contributed by atoms with E-state index in [2.05, 4.69) is 10.3 Å². The third kappa shape index (κ3) is 2.79. The van der Waals surface area contributed by atoms with Crippen LogP contribution in [0.1, 0.15) is 25.7 Å². The molecule has 8 heteroatoms. The molecule has 0 aromatic carbocycles. The Hall–Kier alpha value is -2.64. The Morgan fingerprint density at radius 3 is 2.38 bits per heavy atom. The molecule has 2 aromatic heterocycles. The van der Waals surface area contributed by atoms with Crippen molar-refractivity contribution in [2.45, 2.75) is 38.8 Å². The highest BCUT2D eigenvalue weighted by atomic mass is 16.4. The van der Waals surface area contributed by atoms with E-state index >= 15 is 0 Å². The molecule has 0 atom stereocenters. The first kappa shape index (κ1) is 14.9. The van der Waals surface area contributed by atoms with E-state index in [1.54, 1.807) is 4.57 Å². The lowest BCUT2D eigenvalue weighted by molar-refractivity contribution is 0.209. The number of hydrogen-bond donors (Lipinski definition) is 2. The maximum absolute atomic E-state index is 12.8. The van der Waals surface area contributed by atoms with Crippen molar-refractivity contribution in [1.82, 2.24) is 14.1 Å². The number of carbonyl (C=O) groups is 1. The van der Waals surface area contributed by atoms with Gasteiger partial charge in [0, 0.05) is 13.1 Å². The number of nitrogens with one attached hydrogen (secondary N) is 1. The van der Waals surface area contributed by atoms with Crippen molar-refractivity contribution in [1.29, 1.82) is 0 Å². The molecule has 2 N–H and O–H groups in total. The Kier molecular flexibility index (Phi) is 3.40. The highest BCUT2D eigenvalue weighted by molar-refractivity contribution is 5.86. The summed E-state index contributed by atoms with van der Waals surface area (Å²) in [4.78, 5) is 40.3. The Bertz CT molecular complexity index is 937. The van der Waals surface area contributed by atoms with Gasteiger partial charge in [-0.1, -0.05) is 0 Å². The number of aromatic nitrogens is 3. The van der Waals surface area contributed by atoms with Crippen LogP contribution in [0.25, 0.3) is 10.9 Å². The van der Waals surface area contributed by atoms with Crippen LogP contribution in [0.2, 0.25) is 0 Å². The first-order valence-corrected chi connectivity index (χ1v) is 8.16. The summed E-state index contributed by atoms with van der Waals surface area (Å²) in [5.74, 6) is 0.942. The number of pyridine rings is 1. The fourth-order valence-electron chi connectivity index (χ4n) is 2.95. The van der Waals surface area contributed by atoms with Gasteiger partial charge in [-0.2, -0.15) is 0 Å². The number of carboxylic acid groups (broad SMARTS) is 1. The molecular weight excluding hydrogens is 312 g/mol. The molecular formula is C16H18N4O4. The van der Waals surface area contributed by atoms with Crippen molar-refractivity contribution < 1.29 is 9.90 Å².